The molecular weight excluding hydrogens is 262 g/mol. The number of hydrogen-bond acceptors (Lipinski definition) is 6. The third-order valence-corrected chi connectivity index (χ3v) is 2.73. The third-order valence-electron chi connectivity index (χ3n) is 2.73. The first-order valence-corrected chi connectivity index (χ1v) is 5.24. The van der Waals surface area contributed by atoms with Crippen LogP contribution in [0.25, 0.3) is 0 Å². The van der Waals surface area contributed by atoms with Gasteiger partial charge in [-0.1, -0.05) is 0 Å². The molecule has 0 amide bonds. The van der Waals surface area contributed by atoms with Gasteiger partial charge >= 0.3 is 5.69 Å². The molecule has 0 spiro atoms. The standard InChI is InChI=1S/C10H13N3O4.ClH/c14-9-4-6(7-5-11-1-2-12-7)3-8(10(9)15)13(16)17;/h3-4,7,11-12,14-15H,1-2,5H2;1H/t7-;/m0./s1. The molecule has 1 aliphatic rings. The summed E-state index contributed by atoms with van der Waals surface area (Å²) in [6, 6.07) is 2.51. The molecule has 1 aromatic carbocycles. The second kappa shape index (κ2) is 5.85. The lowest BCUT2D eigenvalue weighted by atomic mass is 10.0. The lowest BCUT2D eigenvalue weighted by Crippen LogP contribution is -2.42. The van der Waals surface area contributed by atoms with Crippen molar-refractivity contribution in [2.45, 2.75) is 6.04 Å². The Bertz CT molecular complexity index is 449. The minimum absolute atomic E-state index is 0. The molecular formula is C10H14ClN3O4. The largest absolute Gasteiger partial charge is 0.504 e. The highest BCUT2D eigenvalue weighted by atomic mass is 35.5. The highest BCUT2D eigenvalue weighted by Crippen LogP contribution is 2.37. The van der Waals surface area contributed by atoms with Crippen LogP contribution in [0, 0.1) is 10.1 Å². The van der Waals surface area contributed by atoms with Crippen molar-refractivity contribution in [2.75, 3.05) is 19.6 Å². The molecule has 1 heterocycles. The van der Waals surface area contributed by atoms with Gasteiger partial charge in [-0.25, -0.2) is 0 Å². The average Bonchev–Trinajstić information content (AvgIpc) is 2.33. The fourth-order valence-corrected chi connectivity index (χ4v) is 1.85. The fourth-order valence-electron chi connectivity index (χ4n) is 1.85. The molecule has 1 atom stereocenters. The number of nitro benzene ring substituents is 1. The lowest BCUT2D eigenvalue weighted by Gasteiger charge is -2.24. The molecule has 1 saturated heterocycles. The Morgan fingerprint density at radius 2 is 2.06 bits per heavy atom. The third kappa shape index (κ3) is 2.81. The Morgan fingerprint density at radius 3 is 2.61 bits per heavy atom. The molecule has 2 rings (SSSR count). The van der Waals surface area contributed by atoms with E-state index < -0.39 is 22.1 Å². The van der Waals surface area contributed by atoms with E-state index in [4.69, 9.17) is 0 Å². The summed E-state index contributed by atoms with van der Waals surface area (Å²) in [5.74, 6) is -1.16. The fraction of sp³-hybridized carbons (Fsp3) is 0.400. The smallest absolute Gasteiger partial charge is 0.314 e. The van der Waals surface area contributed by atoms with E-state index in [2.05, 4.69) is 10.6 Å². The molecule has 0 aliphatic carbocycles. The summed E-state index contributed by atoms with van der Waals surface area (Å²) in [6.45, 7) is 2.21. The minimum Gasteiger partial charge on any atom is -0.504 e. The Morgan fingerprint density at radius 1 is 1.33 bits per heavy atom. The number of piperazine rings is 1. The lowest BCUT2D eigenvalue weighted by molar-refractivity contribution is -0.386. The van der Waals surface area contributed by atoms with E-state index in [1.54, 1.807) is 0 Å². The van der Waals surface area contributed by atoms with Crippen LogP contribution < -0.4 is 10.6 Å². The number of nitrogens with one attached hydrogen (secondary N) is 2. The molecule has 0 unspecified atom stereocenters. The van der Waals surface area contributed by atoms with E-state index in [9.17, 15) is 20.3 Å². The van der Waals surface area contributed by atoms with Crippen LogP contribution in [0.2, 0.25) is 0 Å². The van der Waals surface area contributed by atoms with Crippen LogP contribution in [0.15, 0.2) is 12.1 Å². The van der Waals surface area contributed by atoms with Gasteiger partial charge in [0.2, 0.25) is 5.75 Å². The van der Waals surface area contributed by atoms with Gasteiger partial charge in [-0.2, -0.15) is 0 Å². The van der Waals surface area contributed by atoms with Crippen molar-refractivity contribution < 1.29 is 15.1 Å². The highest BCUT2D eigenvalue weighted by molar-refractivity contribution is 5.85. The van der Waals surface area contributed by atoms with Gasteiger partial charge in [0.05, 0.1) is 4.92 Å². The minimum atomic E-state index is -0.713. The van der Waals surface area contributed by atoms with Crippen molar-refractivity contribution in [3.8, 4) is 11.5 Å². The monoisotopic (exact) mass is 275 g/mol. The van der Waals surface area contributed by atoms with E-state index in [0.29, 0.717) is 12.1 Å². The molecule has 100 valence electrons. The van der Waals surface area contributed by atoms with Crippen LogP contribution in [0.5, 0.6) is 11.5 Å². The molecule has 7 nitrogen and oxygen atoms in total. The number of nitrogens with zero attached hydrogens (tertiary/aromatic N) is 1. The summed E-state index contributed by atoms with van der Waals surface area (Å²) < 4.78 is 0. The second-order valence-electron chi connectivity index (χ2n) is 3.88. The number of rotatable bonds is 2. The van der Waals surface area contributed by atoms with Crippen molar-refractivity contribution in [1.29, 1.82) is 0 Å². The van der Waals surface area contributed by atoms with Gasteiger partial charge in [-0.05, 0) is 11.6 Å². The summed E-state index contributed by atoms with van der Waals surface area (Å²) in [4.78, 5) is 9.99. The number of phenols is 2. The predicted octanol–water partition coefficient (Wildman–Crippen LogP) is 0.662. The van der Waals surface area contributed by atoms with Gasteiger partial charge in [0.1, 0.15) is 0 Å². The Kier molecular flexibility index (Phi) is 4.71. The van der Waals surface area contributed by atoms with Crippen LogP contribution in [0.3, 0.4) is 0 Å². The number of hydrogen-bond donors (Lipinski definition) is 4. The topological polar surface area (TPSA) is 108 Å². The van der Waals surface area contributed by atoms with Gasteiger partial charge in [-0.3, -0.25) is 10.1 Å². The van der Waals surface area contributed by atoms with E-state index in [1.165, 1.54) is 12.1 Å². The Balaban J connectivity index is 0.00000162. The molecule has 4 N–H and O–H groups in total. The summed E-state index contributed by atoms with van der Waals surface area (Å²) in [7, 11) is 0. The number of halogens is 1. The Labute approximate surface area is 109 Å². The summed E-state index contributed by atoms with van der Waals surface area (Å²) in [5.41, 5.74) is 0.103. The van der Waals surface area contributed by atoms with Crippen LogP contribution in [0.1, 0.15) is 11.6 Å². The van der Waals surface area contributed by atoms with Crippen LogP contribution in [-0.2, 0) is 0 Å². The van der Waals surface area contributed by atoms with Crippen LogP contribution in [-0.4, -0.2) is 34.8 Å². The predicted molar refractivity (Wildman–Crippen MR) is 67.3 cm³/mol. The molecule has 0 aromatic heterocycles. The molecule has 1 aromatic rings. The van der Waals surface area contributed by atoms with Crippen molar-refractivity contribution in [1.82, 2.24) is 10.6 Å². The molecule has 8 heteroatoms. The van der Waals surface area contributed by atoms with E-state index in [1.807, 2.05) is 0 Å². The van der Waals surface area contributed by atoms with Gasteiger partial charge in [0.25, 0.3) is 0 Å². The van der Waals surface area contributed by atoms with Gasteiger partial charge < -0.3 is 20.8 Å². The van der Waals surface area contributed by atoms with E-state index >= 15 is 0 Å². The highest BCUT2D eigenvalue weighted by Gasteiger charge is 2.23. The van der Waals surface area contributed by atoms with Crippen LogP contribution >= 0.6 is 12.4 Å². The summed E-state index contributed by atoms with van der Waals surface area (Å²) in [6.07, 6.45) is 0. The maximum atomic E-state index is 10.7. The van der Waals surface area contributed by atoms with Gasteiger partial charge in [-0.15, -0.1) is 12.4 Å². The molecule has 0 saturated carbocycles. The quantitative estimate of drug-likeness (QED) is 0.359. The molecule has 0 bridgehead atoms. The van der Waals surface area contributed by atoms with Crippen molar-refractivity contribution in [3.05, 3.63) is 27.8 Å². The molecule has 0 radical (unpaired) electrons. The summed E-state index contributed by atoms with van der Waals surface area (Å²) >= 11 is 0. The molecule has 18 heavy (non-hydrogen) atoms. The zero-order valence-corrected chi connectivity index (χ0v) is 10.2. The number of phenolic OH excluding ortho intramolecular Hbond substituents is 2. The Hall–Kier alpha value is -1.57. The number of nitro groups is 1. The molecule has 1 aliphatic heterocycles. The van der Waals surface area contributed by atoms with Crippen molar-refractivity contribution >= 4 is 18.1 Å². The van der Waals surface area contributed by atoms with Crippen molar-refractivity contribution in [3.63, 3.8) is 0 Å². The van der Waals surface area contributed by atoms with Gasteiger partial charge in [0.15, 0.2) is 5.75 Å². The number of aromatic hydroxyl groups is 2. The first-order chi connectivity index (χ1) is 8.09. The first-order valence-electron chi connectivity index (χ1n) is 5.24. The van der Waals surface area contributed by atoms with Gasteiger partial charge in [0, 0.05) is 31.7 Å². The normalized spacial score (nSPS) is 19.0. The SMILES string of the molecule is Cl.O=[N+]([O-])c1cc([C@@H]2CNCCN2)cc(O)c1O. The van der Waals surface area contributed by atoms with E-state index in [0.717, 1.165) is 13.1 Å². The maximum absolute atomic E-state index is 10.7. The zero-order chi connectivity index (χ0) is 12.4. The second-order valence-corrected chi connectivity index (χ2v) is 3.88. The van der Waals surface area contributed by atoms with Crippen LogP contribution in [0.4, 0.5) is 5.69 Å². The zero-order valence-electron chi connectivity index (χ0n) is 9.42. The maximum Gasteiger partial charge on any atom is 0.314 e. The average molecular weight is 276 g/mol. The summed E-state index contributed by atoms with van der Waals surface area (Å²) in [5, 5.41) is 35.8. The molecule has 1 fully saturated rings. The van der Waals surface area contributed by atoms with Crippen molar-refractivity contribution in [2.24, 2.45) is 0 Å². The number of benzene rings is 1. The first kappa shape index (κ1) is 14.5. The van der Waals surface area contributed by atoms with E-state index in [-0.39, 0.29) is 18.4 Å².